The lowest BCUT2D eigenvalue weighted by atomic mass is 9.77. The van der Waals surface area contributed by atoms with Gasteiger partial charge < -0.3 is 16.2 Å². The van der Waals surface area contributed by atoms with E-state index in [-0.39, 0.29) is 17.0 Å². The molecule has 1 aromatic carbocycles. The Morgan fingerprint density at radius 2 is 2.00 bits per heavy atom. The summed E-state index contributed by atoms with van der Waals surface area (Å²) in [5, 5.41) is 18.1. The Labute approximate surface area is 125 Å². The molecule has 21 heavy (non-hydrogen) atoms. The van der Waals surface area contributed by atoms with Crippen molar-refractivity contribution in [3.8, 4) is 0 Å². The predicted octanol–water partition coefficient (Wildman–Crippen LogP) is 1.27. The van der Waals surface area contributed by atoms with Crippen LogP contribution in [0.2, 0.25) is 0 Å². The van der Waals surface area contributed by atoms with Gasteiger partial charge in [-0.25, -0.2) is 13.6 Å². The molecular formula is C14H23N3O3S. The molecule has 1 aromatic rings. The lowest BCUT2D eigenvalue weighted by molar-refractivity contribution is 0.155. The van der Waals surface area contributed by atoms with E-state index in [4.69, 9.17) is 10.9 Å². The molecule has 0 atom stereocenters. The third kappa shape index (κ3) is 3.66. The number of aliphatic hydroxyl groups excluding tert-OH is 1. The maximum absolute atomic E-state index is 11.3. The maximum atomic E-state index is 11.3. The number of aliphatic hydroxyl groups is 1. The Bertz CT molecular complexity index is 608. The van der Waals surface area contributed by atoms with E-state index in [1.54, 1.807) is 6.07 Å². The van der Waals surface area contributed by atoms with Crippen molar-refractivity contribution in [1.82, 2.24) is 0 Å². The van der Waals surface area contributed by atoms with Gasteiger partial charge >= 0.3 is 0 Å². The average Bonchev–Trinajstić information content (AvgIpc) is 2.43. The molecule has 0 amide bonds. The second-order valence-corrected chi connectivity index (χ2v) is 7.60. The number of rotatable bonds is 4. The zero-order chi connectivity index (χ0) is 15.7. The lowest BCUT2D eigenvalue weighted by Crippen LogP contribution is -2.45. The van der Waals surface area contributed by atoms with Gasteiger partial charge in [-0.05, 0) is 49.8 Å². The van der Waals surface area contributed by atoms with Crippen LogP contribution in [0.5, 0.6) is 0 Å². The zero-order valence-corrected chi connectivity index (χ0v) is 13.0. The summed E-state index contributed by atoms with van der Waals surface area (Å²) in [6, 6.07) is 4.36. The minimum Gasteiger partial charge on any atom is -0.397 e. The van der Waals surface area contributed by atoms with Gasteiger partial charge in [-0.15, -0.1) is 0 Å². The number of nitrogens with one attached hydrogen (secondary N) is 1. The predicted molar refractivity (Wildman–Crippen MR) is 83.3 cm³/mol. The van der Waals surface area contributed by atoms with Crippen LogP contribution in [0.1, 0.15) is 32.6 Å². The van der Waals surface area contributed by atoms with Crippen molar-refractivity contribution in [1.29, 1.82) is 0 Å². The third-order valence-corrected chi connectivity index (χ3v) is 5.20. The first kappa shape index (κ1) is 16.1. The number of anilines is 2. The van der Waals surface area contributed by atoms with Crippen molar-refractivity contribution in [2.45, 2.75) is 43.0 Å². The SMILES string of the molecule is CC1CCC(CO)(Nc2ccc(S(N)(=O)=O)cc2N)CC1. The topological polar surface area (TPSA) is 118 Å². The molecule has 6 N–H and O–H groups in total. The first-order chi connectivity index (χ1) is 9.76. The van der Waals surface area contributed by atoms with Crippen LogP contribution in [0.15, 0.2) is 23.1 Å². The first-order valence-electron chi connectivity index (χ1n) is 7.07. The Morgan fingerprint density at radius 1 is 1.38 bits per heavy atom. The van der Waals surface area contributed by atoms with Gasteiger partial charge in [0.25, 0.3) is 0 Å². The fraction of sp³-hybridized carbons (Fsp3) is 0.571. The number of nitrogens with two attached hydrogens (primary N) is 2. The Kier molecular flexibility index (Phi) is 4.46. The molecule has 0 radical (unpaired) electrons. The van der Waals surface area contributed by atoms with Crippen molar-refractivity contribution < 1.29 is 13.5 Å². The molecule has 0 aromatic heterocycles. The van der Waals surface area contributed by atoms with Gasteiger partial charge in [-0.1, -0.05) is 6.92 Å². The summed E-state index contributed by atoms with van der Waals surface area (Å²) >= 11 is 0. The van der Waals surface area contributed by atoms with Crippen molar-refractivity contribution >= 4 is 21.4 Å². The normalized spacial score (nSPS) is 26.5. The maximum Gasteiger partial charge on any atom is 0.238 e. The van der Waals surface area contributed by atoms with Crippen LogP contribution in [0.4, 0.5) is 11.4 Å². The summed E-state index contributed by atoms with van der Waals surface area (Å²) in [4.78, 5) is -0.0131. The summed E-state index contributed by atoms with van der Waals surface area (Å²) in [6.07, 6.45) is 3.81. The van der Waals surface area contributed by atoms with Gasteiger partial charge in [-0.3, -0.25) is 0 Å². The van der Waals surface area contributed by atoms with Gasteiger partial charge in [0.1, 0.15) is 0 Å². The highest BCUT2D eigenvalue weighted by molar-refractivity contribution is 7.89. The van der Waals surface area contributed by atoms with E-state index in [0.717, 1.165) is 25.7 Å². The van der Waals surface area contributed by atoms with Gasteiger partial charge in [0, 0.05) is 0 Å². The number of nitrogen functional groups attached to an aromatic ring is 1. The zero-order valence-electron chi connectivity index (χ0n) is 12.2. The molecule has 0 saturated heterocycles. The number of hydrogen-bond acceptors (Lipinski definition) is 5. The second kappa shape index (κ2) is 5.82. The molecule has 1 aliphatic rings. The fourth-order valence-corrected chi connectivity index (χ4v) is 3.30. The molecule has 1 aliphatic carbocycles. The van der Waals surface area contributed by atoms with E-state index < -0.39 is 10.0 Å². The van der Waals surface area contributed by atoms with Crippen LogP contribution in [0.25, 0.3) is 0 Å². The van der Waals surface area contributed by atoms with E-state index in [1.165, 1.54) is 12.1 Å². The smallest absolute Gasteiger partial charge is 0.238 e. The molecule has 2 rings (SSSR count). The molecule has 1 saturated carbocycles. The van der Waals surface area contributed by atoms with Crippen molar-refractivity contribution in [3.63, 3.8) is 0 Å². The molecule has 0 heterocycles. The van der Waals surface area contributed by atoms with Gasteiger partial charge in [0.2, 0.25) is 10.0 Å². The Balaban J connectivity index is 2.23. The molecular weight excluding hydrogens is 290 g/mol. The van der Waals surface area contributed by atoms with E-state index in [1.807, 2.05) is 0 Å². The van der Waals surface area contributed by atoms with E-state index >= 15 is 0 Å². The van der Waals surface area contributed by atoms with Crippen LogP contribution < -0.4 is 16.2 Å². The highest BCUT2D eigenvalue weighted by Gasteiger charge is 2.33. The number of hydrogen-bond donors (Lipinski definition) is 4. The van der Waals surface area contributed by atoms with Crippen LogP contribution in [-0.4, -0.2) is 25.7 Å². The average molecular weight is 313 g/mol. The first-order valence-corrected chi connectivity index (χ1v) is 8.62. The van der Waals surface area contributed by atoms with Gasteiger partial charge in [-0.2, -0.15) is 0 Å². The van der Waals surface area contributed by atoms with E-state index in [0.29, 0.717) is 17.3 Å². The Morgan fingerprint density at radius 3 is 2.48 bits per heavy atom. The van der Waals surface area contributed by atoms with Crippen LogP contribution in [0, 0.1) is 5.92 Å². The standard InChI is InChI=1S/C14H23N3O3S/c1-10-4-6-14(9-18,7-5-10)17-13-3-2-11(8-12(13)15)21(16,19)20/h2-3,8,10,17-18H,4-7,9,15H2,1H3,(H2,16,19,20). The third-order valence-electron chi connectivity index (χ3n) is 4.29. The second-order valence-electron chi connectivity index (χ2n) is 6.04. The van der Waals surface area contributed by atoms with Gasteiger partial charge in [0.05, 0.1) is 28.4 Å². The highest BCUT2D eigenvalue weighted by atomic mass is 32.2. The quantitative estimate of drug-likeness (QED) is 0.624. The Hall–Kier alpha value is -1.31. The summed E-state index contributed by atoms with van der Waals surface area (Å²) in [5.41, 5.74) is 6.47. The highest BCUT2D eigenvalue weighted by Crippen LogP contribution is 2.36. The monoisotopic (exact) mass is 313 g/mol. The molecule has 1 fully saturated rings. The largest absolute Gasteiger partial charge is 0.397 e. The summed E-state index contributed by atoms with van der Waals surface area (Å²) in [6.45, 7) is 2.23. The van der Waals surface area contributed by atoms with Crippen LogP contribution in [0.3, 0.4) is 0 Å². The number of sulfonamides is 1. The molecule has 0 spiro atoms. The van der Waals surface area contributed by atoms with Crippen LogP contribution >= 0.6 is 0 Å². The minimum atomic E-state index is -3.76. The lowest BCUT2D eigenvalue weighted by Gasteiger charge is -2.39. The molecule has 6 nitrogen and oxygen atoms in total. The molecule has 118 valence electrons. The fourth-order valence-electron chi connectivity index (χ4n) is 2.75. The van der Waals surface area contributed by atoms with E-state index in [2.05, 4.69) is 12.2 Å². The summed E-state index contributed by atoms with van der Waals surface area (Å²) < 4.78 is 22.6. The summed E-state index contributed by atoms with van der Waals surface area (Å²) in [5.74, 6) is 0.661. The van der Waals surface area contributed by atoms with Crippen molar-refractivity contribution in [2.75, 3.05) is 17.7 Å². The number of benzene rings is 1. The molecule has 0 unspecified atom stereocenters. The van der Waals surface area contributed by atoms with Crippen molar-refractivity contribution in [2.24, 2.45) is 11.1 Å². The molecule has 7 heteroatoms. The minimum absolute atomic E-state index is 0.0131. The van der Waals surface area contributed by atoms with Crippen molar-refractivity contribution in [3.05, 3.63) is 18.2 Å². The number of primary sulfonamides is 1. The van der Waals surface area contributed by atoms with Gasteiger partial charge in [0.15, 0.2) is 0 Å². The van der Waals surface area contributed by atoms with Crippen LogP contribution in [-0.2, 0) is 10.0 Å². The molecule has 0 bridgehead atoms. The summed E-state index contributed by atoms with van der Waals surface area (Å²) in [7, 11) is -3.76. The van der Waals surface area contributed by atoms with E-state index in [9.17, 15) is 13.5 Å². The molecule has 0 aliphatic heterocycles.